The third-order valence-corrected chi connectivity index (χ3v) is 7.73. The zero-order valence-corrected chi connectivity index (χ0v) is 19.0. The van der Waals surface area contributed by atoms with E-state index < -0.39 is 10.0 Å². The molecule has 0 atom stereocenters. The van der Waals surface area contributed by atoms with Gasteiger partial charge in [-0.1, -0.05) is 24.9 Å². The number of rotatable bonds is 6. The number of hydrogen-bond acceptors (Lipinski definition) is 5. The van der Waals surface area contributed by atoms with Crippen LogP contribution in [-0.4, -0.2) is 70.2 Å². The Hall–Kier alpha value is -1.71. The normalized spacial score (nSPS) is 16.0. The van der Waals surface area contributed by atoms with Gasteiger partial charge in [0.25, 0.3) is 5.91 Å². The number of amides is 1. The minimum Gasteiger partial charge on any atom is -0.336 e. The molecule has 8 nitrogen and oxygen atoms in total. The van der Waals surface area contributed by atoms with Gasteiger partial charge in [0, 0.05) is 32.7 Å². The molecule has 3 rings (SSSR count). The number of carbonyl (C=O) groups is 1. The Morgan fingerprint density at radius 1 is 1.10 bits per heavy atom. The number of fused-ring (bicyclic) bond motifs is 1. The molecule has 1 saturated heterocycles. The number of halogens is 1. The Morgan fingerprint density at radius 3 is 2.34 bits per heavy atom. The van der Waals surface area contributed by atoms with E-state index >= 15 is 0 Å². The molecular weight excluding hydrogens is 414 g/mol. The summed E-state index contributed by atoms with van der Waals surface area (Å²) in [6.07, 6.45) is 2.00. The lowest BCUT2D eigenvalue weighted by molar-refractivity contribution is 0.0700. The molecule has 2 aromatic rings. The van der Waals surface area contributed by atoms with Crippen LogP contribution in [0.2, 0.25) is 5.02 Å². The van der Waals surface area contributed by atoms with Crippen LogP contribution in [0, 0.1) is 13.8 Å². The first-order chi connectivity index (χ1) is 13.7. The molecule has 0 aromatic carbocycles. The maximum absolute atomic E-state index is 13.4. The number of unbranched alkanes of at least 4 members (excludes halogenated alkanes) is 1. The van der Waals surface area contributed by atoms with E-state index in [1.54, 1.807) is 18.7 Å². The second-order valence-corrected chi connectivity index (χ2v) is 9.97. The predicted molar refractivity (Wildman–Crippen MR) is 114 cm³/mol. The molecule has 0 spiro atoms. The Labute approximate surface area is 176 Å². The van der Waals surface area contributed by atoms with Crippen molar-refractivity contribution in [3.8, 4) is 0 Å². The predicted octanol–water partition coefficient (Wildman–Crippen LogP) is 2.61. The molecule has 0 aliphatic carbocycles. The van der Waals surface area contributed by atoms with E-state index in [9.17, 15) is 13.2 Å². The monoisotopic (exact) mass is 441 g/mol. The number of piperazine rings is 1. The Bertz CT molecular complexity index is 1030. The van der Waals surface area contributed by atoms with Crippen LogP contribution in [0.1, 0.15) is 48.4 Å². The van der Waals surface area contributed by atoms with Gasteiger partial charge < -0.3 is 4.90 Å². The van der Waals surface area contributed by atoms with Crippen LogP contribution in [0.3, 0.4) is 0 Å². The highest BCUT2D eigenvalue weighted by Gasteiger charge is 2.31. The number of sulfonamides is 1. The van der Waals surface area contributed by atoms with Gasteiger partial charge in [-0.25, -0.2) is 18.1 Å². The third-order valence-electron chi connectivity index (χ3n) is 5.38. The third kappa shape index (κ3) is 4.13. The Morgan fingerprint density at radius 2 is 1.76 bits per heavy atom. The van der Waals surface area contributed by atoms with E-state index in [2.05, 4.69) is 17.0 Å². The number of nitrogens with zero attached hydrogens (tertiary/aromatic N) is 5. The molecule has 0 N–H and O–H groups in total. The van der Waals surface area contributed by atoms with Gasteiger partial charge in [0.15, 0.2) is 5.65 Å². The summed E-state index contributed by atoms with van der Waals surface area (Å²) in [6.45, 7) is 9.38. The van der Waals surface area contributed by atoms with Gasteiger partial charge in [-0.3, -0.25) is 4.79 Å². The van der Waals surface area contributed by atoms with E-state index in [1.165, 1.54) is 4.31 Å². The molecule has 0 radical (unpaired) electrons. The zero-order chi connectivity index (χ0) is 21.3. The lowest BCUT2D eigenvalue weighted by Crippen LogP contribution is -2.51. The van der Waals surface area contributed by atoms with E-state index in [0.29, 0.717) is 53.5 Å². The standard InChI is InChI=1S/C19H28ClN5O3S/c1-5-7-8-25-18-15(13(3)22-25)16(17(20)14(4)21-18)19(26)23-9-11-24(12-10-23)29(27,28)6-2/h5-12H2,1-4H3. The summed E-state index contributed by atoms with van der Waals surface area (Å²) in [5.41, 5.74) is 2.41. The summed E-state index contributed by atoms with van der Waals surface area (Å²) in [6, 6.07) is 0. The average Bonchev–Trinajstić information content (AvgIpc) is 3.02. The van der Waals surface area contributed by atoms with Crippen LogP contribution in [-0.2, 0) is 16.6 Å². The highest BCUT2D eigenvalue weighted by molar-refractivity contribution is 7.89. The fraction of sp³-hybridized carbons (Fsp3) is 0.632. The number of aryl methyl sites for hydroxylation is 3. The van der Waals surface area contributed by atoms with Gasteiger partial charge in [-0.2, -0.15) is 9.40 Å². The summed E-state index contributed by atoms with van der Waals surface area (Å²) in [7, 11) is -3.25. The molecule has 1 aliphatic rings. The zero-order valence-electron chi connectivity index (χ0n) is 17.4. The molecule has 29 heavy (non-hydrogen) atoms. The molecular formula is C19H28ClN5O3S. The number of carbonyl (C=O) groups excluding carboxylic acids is 1. The summed E-state index contributed by atoms with van der Waals surface area (Å²) in [4.78, 5) is 19.7. The van der Waals surface area contributed by atoms with Crippen molar-refractivity contribution in [1.82, 2.24) is 24.0 Å². The average molecular weight is 442 g/mol. The molecule has 3 heterocycles. The van der Waals surface area contributed by atoms with E-state index in [4.69, 9.17) is 11.6 Å². The lowest BCUT2D eigenvalue weighted by atomic mass is 10.1. The van der Waals surface area contributed by atoms with Crippen molar-refractivity contribution in [1.29, 1.82) is 0 Å². The second-order valence-electron chi connectivity index (χ2n) is 7.34. The van der Waals surface area contributed by atoms with Gasteiger partial charge in [0.1, 0.15) is 0 Å². The number of pyridine rings is 1. The molecule has 1 fully saturated rings. The highest BCUT2D eigenvalue weighted by atomic mass is 35.5. The topological polar surface area (TPSA) is 88.4 Å². The molecule has 2 aromatic heterocycles. The summed E-state index contributed by atoms with van der Waals surface area (Å²) < 4.78 is 27.5. The van der Waals surface area contributed by atoms with Crippen LogP contribution < -0.4 is 0 Å². The molecule has 0 saturated carbocycles. The number of aromatic nitrogens is 3. The molecule has 1 aliphatic heterocycles. The van der Waals surface area contributed by atoms with Crippen molar-refractivity contribution >= 4 is 38.6 Å². The van der Waals surface area contributed by atoms with Gasteiger partial charge in [-0.05, 0) is 27.2 Å². The van der Waals surface area contributed by atoms with Crippen molar-refractivity contribution in [2.75, 3.05) is 31.9 Å². The number of hydrogen-bond donors (Lipinski definition) is 0. The summed E-state index contributed by atoms with van der Waals surface area (Å²) >= 11 is 6.54. The fourth-order valence-electron chi connectivity index (χ4n) is 3.65. The van der Waals surface area contributed by atoms with Crippen molar-refractivity contribution in [3.05, 3.63) is 22.0 Å². The lowest BCUT2D eigenvalue weighted by Gasteiger charge is -2.34. The Balaban J connectivity index is 1.96. The maximum Gasteiger partial charge on any atom is 0.256 e. The van der Waals surface area contributed by atoms with Gasteiger partial charge >= 0.3 is 0 Å². The first-order valence-electron chi connectivity index (χ1n) is 10.0. The SMILES string of the molecule is CCCCn1nc(C)c2c(C(=O)N3CCN(S(=O)(=O)CC)CC3)c(Cl)c(C)nc21. The van der Waals surface area contributed by atoms with Crippen molar-refractivity contribution in [2.24, 2.45) is 0 Å². The second kappa shape index (κ2) is 8.57. The molecule has 0 unspecified atom stereocenters. The van der Waals surface area contributed by atoms with E-state index in [1.807, 2.05) is 11.6 Å². The van der Waals surface area contributed by atoms with Crippen LogP contribution in [0.4, 0.5) is 0 Å². The van der Waals surface area contributed by atoms with E-state index in [-0.39, 0.29) is 11.7 Å². The van der Waals surface area contributed by atoms with Gasteiger partial charge in [-0.15, -0.1) is 0 Å². The molecule has 10 heteroatoms. The first-order valence-corrected chi connectivity index (χ1v) is 12.0. The summed E-state index contributed by atoms with van der Waals surface area (Å²) in [5.74, 6) is -0.134. The van der Waals surface area contributed by atoms with Crippen molar-refractivity contribution < 1.29 is 13.2 Å². The van der Waals surface area contributed by atoms with Crippen LogP contribution >= 0.6 is 11.6 Å². The minimum atomic E-state index is -3.25. The van der Waals surface area contributed by atoms with Crippen LogP contribution in [0.15, 0.2) is 0 Å². The Kier molecular flexibility index (Phi) is 6.50. The largest absolute Gasteiger partial charge is 0.336 e. The van der Waals surface area contributed by atoms with Gasteiger partial charge in [0.05, 0.1) is 33.1 Å². The highest BCUT2D eigenvalue weighted by Crippen LogP contribution is 2.31. The van der Waals surface area contributed by atoms with Crippen molar-refractivity contribution in [2.45, 2.75) is 47.1 Å². The summed E-state index contributed by atoms with van der Waals surface area (Å²) in [5, 5.41) is 5.61. The fourth-order valence-corrected chi connectivity index (χ4v) is 4.95. The minimum absolute atomic E-state index is 0.0626. The first kappa shape index (κ1) is 22.0. The van der Waals surface area contributed by atoms with Crippen LogP contribution in [0.25, 0.3) is 11.0 Å². The molecule has 0 bridgehead atoms. The molecule has 160 valence electrons. The van der Waals surface area contributed by atoms with Gasteiger partial charge in [0.2, 0.25) is 10.0 Å². The smallest absolute Gasteiger partial charge is 0.256 e. The molecule has 1 amide bonds. The van der Waals surface area contributed by atoms with Crippen molar-refractivity contribution in [3.63, 3.8) is 0 Å². The van der Waals surface area contributed by atoms with E-state index in [0.717, 1.165) is 25.1 Å². The van der Waals surface area contributed by atoms with Crippen LogP contribution in [0.5, 0.6) is 0 Å². The maximum atomic E-state index is 13.4. The quantitative estimate of drug-likeness (QED) is 0.687.